The number of aliphatic hydroxyl groups excluding tert-OH is 2. The second-order valence-corrected chi connectivity index (χ2v) is 3.99. The third-order valence-corrected chi connectivity index (χ3v) is 2.58. The molecule has 4 N–H and O–H groups in total. The van der Waals surface area contributed by atoms with Crippen molar-refractivity contribution >= 4 is 15.9 Å². The molecule has 5 heteroatoms. The van der Waals surface area contributed by atoms with Gasteiger partial charge in [-0.3, -0.25) is 0 Å². The van der Waals surface area contributed by atoms with Gasteiger partial charge < -0.3 is 20.4 Å². The van der Waals surface area contributed by atoms with E-state index in [9.17, 15) is 20.4 Å². The Labute approximate surface area is 95.9 Å². The third kappa shape index (κ3) is 2.84. The average Bonchev–Trinajstić information content (AvgIpc) is 2.17. The second kappa shape index (κ2) is 5.34. The highest BCUT2D eigenvalue weighted by atomic mass is 79.9. The lowest BCUT2D eigenvalue weighted by molar-refractivity contribution is 0.0146. The maximum absolute atomic E-state index is 9.69. The first-order valence-corrected chi connectivity index (χ1v) is 5.63. The summed E-state index contributed by atoms with van der Waals surface area (Å²) in [5.74, 6) is -0.452. The van der Waals surface area contributed by atoms with Crippen LogP contribution in [0.2, 0.25) is 0 Å². The topological polar surface area (TPSA) is 80.9 Å². The number of hydrogen-bond donors (Lipinski definition) is 4. The van der Waals surface area contributed by atoms with Gasteiger partial charge >= 0.3 is 0 Å². The van der Waals surface area contributed by atoms with Crippen molar-refractivity contribution < 1.29 is 20.4 Å². The van der Waals surface area contributed by atoms with Crippen molar-refractivity contribution in [3.63, 3.8) is 0 Å². The van der Waals surface area contributed by atoms with Gasteiger partial charge in [0.1, 0.15) is 17.6 Å². The van der Waals surface area contributed by atoms with Crippen molar-refractivity contribution in [3.05, 3.63) is 23.8 Å². The predicted octanol–water partition coefficient (Wildman–Crippen LogP) is 1.28. The van der Waals surface area contributed by atoms with E-state index in [0.29, 0.717) is 11.8 Å². The minimum atomic E-state index is -1.29. The van der Waals surface area contributed by atoms with Crippen LogP contribution < -0.4 is 0 Å². The fourth-order valence-electron chi connectivity index (χ4n) is 1.31. The van der Waals surface area contributed by atoms with Gasteiger partial charge in [0.25, 0.3) is 0 Å². The fourth-order valence-corrected chi connectivity index (χ4v) is 1.78. The van der Waals surface area contributed by atoms with Gasteiger partial charge in [-0.15, -0.1) is 0 Å². The SMILES string of the molecule is Oc1cccc(O)c1C(O)C(O)CCBr. The molecule has 4 nitrogen and oxygen atoms in total. The Morgan fingerprint density at radius 3 is 2.13 bits per heavy atom. The molecule has 1 aromatic carbocycles. The van der Waals surface area contributed by atoms with Crippen molar-refractivity contribution in [2.24, 2.45) is 0 Å². The van der Waals surface area contributed by atoms with Crippen LogP contribution in [0.1, 0.15) is 18.1 Å². The normalized spacial score (nSPS) is 14.9. The van der Waals surface area contributed by atoms with Crippen molar-refractivity contribution in [3.8, 4) is 11.5 Å². The Balaban J connectivity index is 2.94. The number of benzene rings is 1. The van der Waals surface area contributed by atoms with Gasteiger partial charge in [0.2, 0.25) is 0 Å². The van der Waals surface area contributed by atoms with E-state index in [0.717, 1.165) is 0 Å². The zero-order chi connectivity index (χ0) is 11.4. The largest absolute Gasteiger partial charge is 0.507 e. The molecular weight excluding hydrogens is 264 g/mol. The van der Waals surface area contributed by atoms with Crippen LogP contribution in [0.15, 0.2) is 18.2 Å². The number of aromatic hydroxyl groups is 2. The second-order valence-electron chi connectivity index (χ2n) is 3.20. The molecule has 0 aliphatic carbocycles. The number of hydrogen-bond acceptors (Lipinski definition) is 4. The van der Waals surface area contributed by atoms with Crippen molar-refractivity contribution in [2.45, 2.75) is 18.6 Å². The summed E-state index contributed by atoms with van der Waals surface area (Å²) in [6.07, 6.45) is -1.98. The first-order chi connectivity index (χ1) is 7.07. The highest BCUT2D eigenvalue weighted by Gasteiger charge is 2.23. The van der Waals surface area contributed by atoms with Crippen molar-refractivity contribution in [1.29, 1.82) is 0 Å². The summed E-state index contributed by atoms with van der Waals surface area (Å²) >= 11 is 3.13. The summed E-state index contributed by atoms with van der Waals surface area (Å²) in [6.45, 7) is 0. The van der Waals surface area contributed by atoms with Gasteiger partial charge in [0.05, 0.1) is 11.7 Å². The molecule has 2 unspecified atom stereocenters. The summed E-state index contributed by atoms with van der Waals surface area (Å²) < 4.78 is 0. The Morgan fingerprint density at radius 1 is 1.13 bits per heavy atom. The van der Waals surface area contributed by atoms with E-state index in [1.807, 2.05) is 0 Å². The monoisotopic (exact) mass is 276 g/mol. The third-order valence-electron chi connectivity index (χ3n) is 2.13. The molecule has 1 rings (SSSR count). The van der Waals surface area contributed by atoms with Gasteiger partial charge in [0.15, 0.2) is 0 Å². The number of phenols is 2. The Morgan fingerprint density at radius 2 is 1.67 bits per heavy atom. The maximum Gasteiger partial charge on any atom is 0.125 e. The molecule has 1 aromatic rings. The van der Waals surface area contributed by atoms with Crippen LogP contribution in [0.4, 0.5) is 0 Å². The molecule has 0 aromatic heterocycles. The summed E-state index contributed by atoms with van der Waals surface area (Å²) in [6, 6.07) is 4.15. The standard InChI is InChI=1S/C10H13BrO4/c11-5-4-8(14)10(15)9-6(12)2-1-3-7(9)13/h1-3,8,10,12-15H,4-5H2. The molecule has 0 spiro atoms. The smallest absolute Gasteiger partial charge is 0.125 e. The van der Waals surface area contributed by atoms with E-state index in [-0.39, 0.29) is 17.1 Å². The van der Waals surface area contributed by atoms with Crippen LogP contribution in [-0.2, 0) is 0 Å². The number of halogens is 1. The summed E-state index contributed by atoms with van der Waals surface area (Å²) in [7, 11) is 0. The number of phenolic OH excluding ortho intramolecular Hbond substituents is 2. The number of alkyl halides is 1. The van der Waals surface area contributed by atoms with Gasteiger partial charge in [-0.05, 0) is 18.6 Å². The quantitative estimate of drug-likeness (QED) is 0.625. The van der Waals surface area contributed by atoms with E-state index in [1.165, 1.54) is 18.2 Å². The van der Waals surface area contributed by atoms with Crippen LogP contribution in [-0.4, -0.2) is 31.9 Å². The molecule has 0 saturated carbocycles. The van der Waals surface area contributed by atoms with Gasteiger partial charge in [-0.1, -0.05) is 22.0 Å². The summed E-state index contributed by atoms with van der Waals surface area (Å²) in [4.78, 5) is 0. The van der Waals surface area contributed by atoms with E-state index >= 15 is 0 Å². The molecule has 84 valence electrons. The highest BCUT2D eigenvalue weighted by Crippen LogP contribution is 2.34. The van der Waals surface area contributed by atoms with Crippen LogP contribution in [0.5, 0.6) is 11.5 Å². The lowest BCUT2D eigenvalue weighted by atomic mass is 10.0. The minimum absolute atomic E-state index is 0.0362. The molecule has 15 heavy (non-hydrogen) atoms. The molecule has 0 aliphatic rings. The van der Waals surface area contributed by atoms with Gasteiger partial charge in [-0.2, -0.15) is 0 Å². The predicted molar refractivity (Wildman–Crippen MR) is 59.1 cm³/mol. The van der Waals surface area contributed by atoms with E-state index in [2.05, 4.69) is 15.9 Å². The Bertz CT molecular complexity index is 309. The molecule has 0 bridgehead atoms. The van der Waals surface area contributed by atoms with Crippen LogP contribution in [0.25, 0.3) is 0 Å². The lowest BCUT2D eigenvalue weighted by Gasteiger charge is -2.19. The minimum Gasteiger partial charge on any atom is -0.507 e. The summed E-state index contributed by atoms with van der Waals surface area (Å²) in [5.41, 5.74) is -0.0362. The maximum atomic E-state index is 9.69. The molecule has 0 radical (unpaired) electrons. The van der Waals surface area contributed by atoms with E-state index in [1.54, 1.807) is 0 Å². The van der Waals surface area contributed by atoms with Crippen LogP contribution >= 0.6 is 15.9 Å². The Hall–Kier alpha value is -0.780. The van der Waals surface area contributed by atoms with Crippen molar-refractivity contribution in [1.82, 2.24) is 0 Å². The zero-order valence-electron chi connectivity index (χ0n) is 7.97. The molecule has 0 heterocycles. The fraction of sp³-hybridized carbons (Fsp3) is 0.400. The Kier molecular flexibility index (Phi) is 4.38. The first-order valence-electron chi connectivity index (χ1n) is 4.51. The van der Waals surface area contributed by atoms with Crippen molar-refractivity contribution in [2.75, 3.05) is 5.33 Å². The number of aliphatic hydroxyl groups is 2. The first kappa shape index (κ1) is 12.3. The molecule has 0 saturated heterocycles. The van der Waals surface area contributed by atoms with Gasteiger partial charge in [0, 0.05) is 5.33 Å². The molecule has 2 atom stereocenters. The lowest BCUT2D eigenvalue weighted by Crippen LogP contribution is -2.18. The highest BCUT2D eigenvalue weighted by molar-refractivity contribution is 9.09. The molecule has 0 fully saturated rings. The zero-order valence-corrected chi connectivity index (χ0v) is 9.55. The summed E-state index contributed by atoms with van der Waals surface area (Å²) in [5, 5.41) is 38.6. The van der Waals surface area contributed by atoms with Crippen LogP contribution in [0, 0.1) is 0 Å². The number of rotatable bonds is 4. The van der Waals surface area contributed by atoms with Crippen LogP contribution in [0.3, 0.4) is 0 Å². The molecular formula is C10H13BrO4. The molecule has 0 aliphatic heterocycles. The van der Waals surface area contributed by atoms with E-state index < -0.39 is 12.2 Å². The van der Waals surface area contributed by atoms with E-state index in [4.69, 9.17) is 0 Å². The average molecular weight is 277 g/mol. The van der Waals surface area contributed by atoms with Gasteiger partial charge in [-0.25, -0.2) is 0 Å². The molecule has 0 amide bonds.